The van der Waals surface area contributed by atoms with Gasteiger partial charge in [0, 0.05) is 24.1 Å². The van der Waals surface area contributed by atoms with Gasteiger partial charge in [0.05, 0.1) is 4.88 Å². The molecule has 1 N–H and O–H groups in total. The third kappa shape index (κ3) is 3.89. The van der Waals surface area contributed by atoms with Crippen molar-refractivity contribution < 1.29 is 14.4 Å². The van der Waals surface area contributed by atoms with E-state index in [-0.39, 0.29) is 31.2 Å². The molecule has 1 fully saturated rings. The molecule has 120 valence electrons. The van der Waals surface area contributed by atoms with Gasteiger partial charge in [-0.25, -0.2) is 0 Å². The molecule has 1 aromatic heterocycles. The first-order valence-electron chi connectivity index (χ1n) is 7.40. The zero-order chi connectivity index (χ0) is 16.9. The van der Waals surface area contributed by atoms with Crippen LogP contribution in [0.5, 0.6) is 0 Å². The monoisotopic (exact) mass is 338 g/mol. The lowest BCUT2D eigenvalue weighted by Gasteiger charge is -2.13. The van der Waals surface area contributed by atoms with Gasteiger partial charge in [-0.1, -0.05) is 24.0 Å². The molecule has 6 heteroatoms. The zero-order valence-electron chi connectivity index (χ0n) is 12.7. The highest BCUT2D eigenvalue weighted by molar-refractivity contribution is 7.10. The van der Waals surface area contributed by atoms with Crippen molar-refractivity contribution >= 4 is 34.7 Å². The Morgan fingerprint density at radius 2 is 1.92 bits per heavy atom. The highest BCUT2D eigenvalue weighted by atomic mass is 32.1. The molecular formula is C18H14N2O3S. The number of amides is 3. The average Bonchev–Trinajstić information content (AvgIpc) is 3.19. The Labute approximate surface area is 143 Å². The number of carbonyl (C=O) groups excluding carboxylic acids is 3. The summed E-state index contributed by atoms with van der Waals surface area (Å²) < 4.78 is 0. The molecule has 2 aromatic rings. The Morgan fingerprint density at radius 1 is 1.12 bits per heavy atom. The lowest BCUT2D eigenvalue weighted by Crippen LogP contribution is -2.36. The van der Waals surface area contributed by atoms with Crippen molar-refractivity contribution in [3.8, 4) is 11.8 Å². The van der Waals surface area contributed by atoms with E-state index in [1.807, 2.05) is 23.6 Å². The van der Waals surface area contributed by atoms with E-state index in [0.29, 0.717) is 5.69 Å². The molecule has 1 aliphatic rings. The molecule has 0 spiro atoms. The van der Waals surface area contributed by atoms with E-state index < -0.39 is 5.91 Å². The van der Waals surface area contributed by atoms with Crippen LogP contribution in [-0.4, -0.2) is 29.2 Å². The summed E-state index contributed by atoms with van der Waals surface area (Å²) in [6.45, 7) is -0.247. The fourth-order valence-corrected chi connectivity index (χ4v) is 2.87. The van der Waals surface area contributed by atoms with Crippen LogP contribution in [0, 0.1) is 11.8 Å². The number of hydrogen-bond acceptors (Lipinski definition) is 4. The number of rotatable bonds is 3. The van der Waals surface area contributed by atoms with Gasteiger partial charge < -0.3 is 5.32 Å². The Morgan fingerprint density at radius 3 is 2.62 bits per heavy atom. The molecule has 24 heavy (non-hydrogen) atoms. The van der Waals surface area contributed by atoms with E-state index >= 15 is 0 Å². The van der Waals surface area contributed by atoms with Crippen LogP contribution >= 0.6 is 11.3 Å². The summed E-state index contributed by atoms with van der Waals surface area (Å²) in [7, 11) is 0. The molecule has 3 amide bonds. The van der Waals surface area contributed by atoms with Gasteiger partial charge in [-0.3, -0.25) is 19.3 Å². The lowest BCUT2D eigenvalue weighted by molar-refractivity contribution is -0.141. The topological polar surface area (TPSA) is 66.5 Å². The minimum absolute atomic E-state index is 0.180. The molecule has 1 aliphatic heterocycles. The van der Waals surface area contributed by atoms with Gasteiger partial charge in [0.15, 0.2) is 0 Å². The second kappa shape index (κ2) is 7.11. The maximum atomic E-state index is 12.0. The minimum Gasteiger partial charge on any atom is -0.324 e. The van der Waals surface area contributed by atoms with Crippen LogP contribution in [0.2, 0.25) is 0 Å². The highest BCUT2D eigenvalue weighted by Gasteiger charge is 2.30. The molecule has 0 saturated carbocycles. The maximum Gasteiger partial charge on any atom is 0.244 e. The van der Waals surface area contributed by atoms with Gasteiger partial charge >= 0.3 is 0 Å². The Balaban J connectivity index is 1.65. The SMILES string of the molecule is O=C(CN1C(=O)CCC1=O)Nc1cccc(C#Cc2cccs2)c1. The zero-order valence-corrected chi connectivity index (χ0v) is 13.6. The maximum absolute atomic E-state index is 12.0. The number of likely N-dealkylation sites (tertiary alicyclic amines) is 1. The molecule has 0 aliphatic carbocycles. The number of benzene rings is 1. The van der Waals surface area contributed by atoms with Crippen LogP contribution in [-0.2, 0) is 14.4 Å². The first-order chi connectivity index (χ1) is 11.6. The molecule has 2 heterocycles. The summed E-state index contributed by atoms with van der Waals surface area (Å²) in [5.41, 5.74) is 1.35. The number of thiophene rings is 1. The van der Waals surface area contributed by atoms with Crippen LogP contribution in [0.1, 0.15) is 23.3 Å². The summed E-state index contributed by atoms with van der Waals surface area (Å²) in [5.74, 6) is 5.09. The number of hydrogen-bond donors (Lipinski definition) is 1. The van der Waals surface area contributed by atoms with Gasteiger partial charge in [0.25, 0.3) is 0 Å². The second-order valence-electron chi connectivity index (χ2n) is 5.23. The van der Waals surface area contributed by atoms with Crippen molar-refractivity contribution in [3.05, 3.63) is 52.2 Å². The quantitative estimate of drug-likeness (QED) is 0.689. The van der Waals surface area contributed by atoms with Crippen molar-refractivity contribution in [2.45, 2.75) is 12.8 Å². The average molecular weight is 338 g/mol. The number of imide groups is 1. The third-order valence-corrected chi connectivity index (χ3v) is 4.24. The van der Waals surface area contributed by atoms with Crippen molar-refractivity contribution in [2.75, 3.05) is 11.9 Å². The summed E-state index contributed by atoms with van der Waals surface area (Å²) in [4.78, 5) is 37.1. The van der Waals surface area contributed by atoms with Crippen LogP contribution in [0.25, 0.3) is 0 Å². The van der Waals surface area contributed by atoms with Crippen LogP contribution in [0.3, 0.4) is 0 Å². The van der Waals surface area contributed by atoms with E-state index in [9.17, 15) is 14.4 Å². The van der Waals surface area contributed by atoms with E-state index in [1.54, 1.807) is 29.5 Å². The second-order valence-corrected chi connectivity index (χ2v) is 6.18. The first-order valence-corrected chi connectivity index (χ1v) is 8.28. The third-order valence-electron chi connectivity index (χ3n) is 3.45. The van der Waals surface area contributed by atoms with E-state index in [2.05, 4.69) is 17.2 Å². The van der Waals surface area contributed by atoms with E-state index in [0.717, 1.165) is 15.3 Å². The molecule has 1 aromatic carbocycles. The van der Waals surface area contributed by atoms with Crippen molar-refractivity contribution in [3.63, 3.8) is 0 Å². The Hall–Kier alpha value is -2.91. The van der Waals surface area contributed by atoms with Crippen LogP contribution in [0.4, 0.5) is 5.69 Å². The highest BCUT2D eigenvalue weighted by Crippen LogP contribution is 2.14. The standard InChI is InChI=1S/C18H14N2O3S/c21-16(12-20-17(22)8-9-18(20)23)19-14-4-1-3-13(11-14)6-7-15-5-2-10-24-15/h1-5,10-11H,8-9,12H2,(H,19,21). The molecule has 0 atom stereocenters. The van der Waals surface area contributed by atoms with Gasteiger partial charge in [-0.05, 0) is 29.6 Å². The fraction of sp³-hybridized carbons (Fsp3) is 0.167. The van der Waals surface area contributed by atoms with Gasteiger partial charge in [-0.15, -0.1) is 11.3 Å². The number of carbonyl (C=O) groups is 3. The Bertz CT molecular complexity index is 831. The smallest absolute Gasteiger partial charge is 0.244 e. The molecular weight excluding hydrogens is 324 g/mol. The van der Waals surface area contributed by atoms with E-state index in [1.165, 1.54) is 0 Å². The molecule has 3 rings (SSSR count). The molecule has 5 nitrogen and oxygen atoms in total. The molecule has 0 bridgehead atoms. The number of anilines is 1. The largest absolute Gasteiger partial charge is 0.324 e. The fourth-order valence-electron chi connectivity index (χ4n) is 2.30. The van der Waals surface area contributed by atoms with Crippen LogP contribution in [0.15, 0.2) is 41.8 Å². The Kier molecular flexibility index (Phi) is 4.73. The predicted molar refractivity (Wildman–Crippen MR) is 91.3 cm³/mol. The minimum atomic E-state index is -0.401. The van der Waals surface area contributed by atoms with Gasteiger partial charge in [-0.2, -0.15) is 0 Å². The van der Waals surface area contributed by atoms with Crippen molar-refractivity contribution in [1.82, 2.24) is 4.90 Å². The lowest BCUT2D eigenvalue weighted by atomic mass is 10.2. The van der Waals surface area contributed by atoms with Gasteiger partial charge in [0.2, 0.25) is 17.7 Å². The normalized spacial score (nSPS) is 13.6. The first kappa shape index (κ1) is 16.0. The summed E-state index contributed by atoms with van der Waals surface area (Å²) in [5, 5.41) is 4.65. The van der Waals surface area contributed by atoms with Crippen molar-refractivity contribution in [2.24, 2.45) is 0 Å². The summed E-state index contributed by atoms with van der Waals surface area (Å²) >= 11 is 1.56. The molecule has 0 radical (unpaired) electrons. The predicted octanol–water partition coefficient (Wildman–Crippen LogP) is 2.24. The molecule has 1 saturated heterocycles. The molecule has 0 unspecified atom stereocenters. The summed E-state index contributed by atoms with van der Waals surface area (Å²) in [6, 6.07) is 11.0. The van der Waals surface area contributed by atoms with Crippen LogP contribution < -0.4 is 5.32 Å². The van der Waals surface area contributed by atoms with Crippen molar-refractivity contribution in [1.29, 1.82) is 0 Å². The van der Waals surface area contributed by atoms with E-state index in [4.69, 9.17) is 0 Å². The number of nitrogens with zero attached hydrogens (tertiary/aromatic N) is 1. The number of nitrogens with one attached hydrogen (secondary N) is 1. The summed E-state index contributed by atoms with van der Waals surface area (Å²) in [6.07, 6.45) is 0.361. The van der Waals surface area contributed by atoms with Gasteiger partial charge in [0.1, 0.15) is 6.54 Å².